The normalized spacial score (nSPS) is 42.4. The number of hydrogen-bond acceptors (Lipinski definition) is 8. The Morgan fingerprint density at radius 3 is 2.57 bits per heavy atom. The van der Waals surface area contributed by atoms with Crippen molar-refractivity contribution in [3.05, 3.63) is 48.1 Å². The van der Waals surface area contributed by atoms with Crippen molar-refractivity contribution in [3.63, 3.8) is 0 Å². The number of hydrogen-bond donors (Lipinski definition) is 1. The highest BCUT2D eigenvalue weighted by Crippen LogP contribution is 2.65. The molecule has 4 rings (SSSR count). The summed E-state index contributed by atoms with van der Waals surface area (Å²) in [5.74, 6) is -2.36. The highest BCUT2D eigenvalue weighted by molar-refractivity contribution is 5.84. The molecule has 8 nitrogen and oxygen atoms in total. The van der Waals surface area contributed by atoms with Crippen LogP contribution in [0.15, 0.2) is 48.1 Å². The van der Waals surface area contributed by atoms with Gasteiger partial charge in [-0.05, 0) is 37.7 Å². The fourth-order valence-corrected chi connectivity index (χ4v) is 5.84. The Morgan fingerprint density at radius 1 is 1.11 bits per heavy atom. The minimum absolute atomic E-state index is 0.00604. The molecular weight excluding hydrogens is 452 g/mol. The van der Waals surface area contributed by atoms with E-state index in [-0.39, 0.29) is 31.8 Å². The summed E-state index contributed by atoms with van der Waals surface area (Å²) in [5, 5.41) is 10.6. The topological polar surface area (TPSA) is 108 Å². The molecule has 1 spiro atoms. The lowest BCUT2D eigenvalue weighted by Crippen LogP contribution is -2.60. The fourth-order valence-electron chi connectivity index (χ4n) is 5.84. The third-order valence-corrected chi connectivity index (χ3v) is 8.32. The molecule has 0 aromatic heterocycles. The van der Waals surface area contributed by atoms with Crippen LogP contribution in [0.2, 0.25) is 0 Å². The monoisotopic (exact) mass is 486 g/mol. The Labute approximate surface area is 205 Å². The van der Waals surface area contributed by atoms with Gasteiger partial charge in [0.05, 0.1) is 18.8 Å². The van der Waals surface area contributed by atoms with Gasteiger partial charge < -0.3 is 24.1 Å². The van der Waals surface area contributed by atoms with Gasteiger partial charge in [0.15, 0.2) is 6.10 Å². The van der Waals surface area contributed by atoms with Crippen molar-refractivity contribution in [2.75, 3.05) is 13.2 Å². The van der Waals surface area contributed by atoms with Crippen LogP contribution in [0.4, 0.5) is 0 Å². The molecule has 2 fully saturated rings. The van der Waals surface area contributed by atoms with Gasteiger partial charge in [-0.3, -0.25) is 0 Å². The Kier molecular flexibility index (Phi) is 7.06. The minimum Gasteiger partial charge on any atom is -0.463 e. The zero-order valence-electron chi connectivity index (χ0n) is 20.5. The van der Waals surface area contributed by atoms with E-state index in [0.717, 1.165) is 12.0 Å². The van der Waals surface area contributed by atoms with E-state index < -0.39 is 46.9 Å². The van der Waals surface area contributed by atoms with Gasteiger partial charge in [0, 0.05) is 29.4 Å². The van der Waals surface area contributed by atoms with E-state index in [2.05, 4.69) is 12.7 Å². The SMILES string of the molecule is C=C1C2CC3OC(=O)/C=C/C=C/C(=O)OCCC(C)C(O)C(=O)OCC4(CCC(C)=CC4O2)C13C. The molecule has 0 aromatic rings. The Hall–Kier alpha value is -2.71. The van der Waals surface area contributed by atoms with Crippen molar-refractivity contribution in [2.45, 2.75) is 70.9 Å². The number of cyclic esters (lactones) is 2. The molecule has 2 aliphatic carbocycles. The fraction of sp³-hybridized carbons (Fsp3) is 0.593. The van der Waals surface area contributed by atoms with E-state index in [0.29, 0.717) is 12.8 Å². The van der Waals surface area contributed by atoms with Crippen molar-refractivity contribution in [1.29, 1.82) is 0 Å². The molecule has 35 heavy (non-hydrogen) atoms. The van der Waals surface area contributed by atoms with Crippen molar-refractivity contribution >= 4 is 17.9 Å². The van der Waals surface area contributed by atoms with Crippen LogP contribution in [0.5, 0.6) is 0 Å². The first-order chi connectivity index (χ1) is 16.6. The predicted molar refractivity (Wildman–Crippen MR) is 126 cm³/mol. The van der Waals surface area contributed by atoms with Crippen LogP contribution in [0, 0.1) is 16.7 Å². The van der Waals surface area contributed by atoms with Gasteiger partial charge in [0.1, 0.15) is 12.7 Å². The molecule has 1 saturated carbocycles. The highest BCUT2D eigenvalue weighted by atomic mass is 16.6. The van der Waals surface area contributed by atoms with Crippen LogP contribution in [0.3, 0.4) is 0 Å². The minimum atomic E-state index is -1.37. The largest absolute Gasteiger partial charge is 0.463 e. The second-order valence-electron chi connectivity index (χ2n) is 10.3. The third kappa shape index (κ3) is 4.49. The average Bonchev–Trinajstić information content (AvgIpc) is 2.99. The van der Waals surface area contributed by atoms with E-state index in [1.165, 1.54) is 29.9 Å². The summed E-state index contributed by atoms with van der Waals surface area (Å²) in [7, 11) is 0. The quantitative estimate of drug-likeness (QED) is 0.316. The van der Waals surface area contributed by atoms with Gasteiger partial charge in [-0.1, -0.05) is 44.2 Å². The smallest absolute Gasteiger partial charge is 0.335 e. The molecule has 2 aliphatic heterocycles. The van der Waals surface area contributed by atoms with Gasteiger partial charge in [0.25, 0.3) is 0 Å². The number of rotatable bonds is 0. The van der Waals surface area contributed by atoms with Gasteiger partial charge in [-0.15, -0.1) is 0 Å². The van der Waals surface area contributed by atoms with Crippen molar-refractivity contribution in [1.82, 2.24) is 0 Å². The first-order valence-corrected chi connectivity index (χ1v) is 12.2. The molecule has 1 N–H and O–H groups in total. The molecular formula is C27H34O8. The van der Waals surface area contributed by atoms with Gasteiger partial charge in [0.2, 0.25) is 0 Å². The molecule has 2 bridgehead atoms. The first kappa shape index (κ1) is 25.4. The third-order valence-electron chi connectivity index (χ3n) is 8.32. The van der Waals surface area contributed by atoms with Crippen LogP contribution in [0.25, 0.3) is 0 Å². The lowest BCUT2D eigenvalue weighted by molar-refractivity contribution is -0.189. The first-order valence-electron chi connectivity index (χ1n) is 12.2. The summed E-state index contributed by atoms with van der Waals surface area (Å²) >= 11 is 0. The van der Waals surface area contributed by atoms with E-state index in [1.54, 1.807) is 6.92 Å². The molecule has 7 unspecified atom stereocenters. The van der Waals surface area contributed by atoms with Gasteiger partial charge in [-0.2, -0.15) is 0 Å². The van der Waals surface area contributed by atoms with E-state index in [4.69, 9.17) is 18.9 Å². The molecule has 0 amide bonds. The average molecular weight is 487 g/mol. The van der Waals surface area contributed by atoms with Gasteiger partial charge in [-0.25, -0.2) is 14.4 Å². The maximum Gasteiger partial charge on any atom is 0.335 e. The maximum atomic E-state index is 12.9. The predicted octanol–water partition coefficient (Wildman–Crippen LogP) is 2.96. The maximum absolute atomic E-state index is 12.9. The second kappa shape index (κ2) is 9.74. The van der Waals surface area contributed by atoms with Crippen molar-refractivity contribution in [3.8, 4) is 0 Å². The number of esters is 3. The number of fused-ring (bicyclic) bond motifs is 1. The molecule has 8 heteroatoms. The molecule has 2 heterocycles. The van der Waals surface area contributed by atoms with E-state index >= 15 is 0 Å². The number of carbonyl (C=O) groups excluding carboxylic acids is 3. The Morgan fingerprint density at radius 2 is 1.83 bits per heavy atom. The molecule has 0 radical (unpaired) electrons. The van der Waals surface area contributed by atoms with Crippen LogP contribution in [-0.2, 0) is 33.3 Å². The lowest BCUT2D eigenvalue weighted by Gasteiger charge is -2.56. The number of carbonyl (C=O) groups is 3. The standard InChI is InChI=1S/C27H34O8/c1-16-9-11-27-15-33-25(31)24(30)17(2)10-12-32-22(28)7-5-6-8-23(29)35-20-14-19(34-21(27)13-16)18(3)26(20,27)4/h5-8,13,17,19-21,24,30H,3,9-12,14-15H2,1-2,4H3/b7-5+,8-6+. The van der Waals surface area contributed by atoms with Crippen molar-refractivity contribution < 1.29 is 38.4 Å². The number of aliphatic hydroxyl groups is 1. The van der Waals surface area contributed by atoms with E-state index in [9.17, 15) is 19.5 Å². The molecule has 4 aliphatic rings. The Balaban J connectivity index is 1.71. The lowest BCUT2D eigenvalue weighted by atomic mass is 9.53. The van der Waals surface area contributed by atoms with Crippen LogP contribution in [-0.4, -0.2) is 60.6 Å². The summed E-state index contributed by atoms with van der Waals surface area (Å²) in [6.45, 7) is 10.1. The summed E-state index contributed by atoms with van der Waals surface area (Å²) in [6.07, 6.45) is 7.01. The summed E-state index contributed by atoms with van der Waals surface area (Å²) in [5.41, 5.74) is 0.604. The highest BCUT2D eigenvalue weighted by Gasteiger charge is 2.68. The number of ether oxygens (including phenoxy) is 4. The molecule has 7 atom stereocenters. The van der Waals surface area contributed by atoms with Crippen LogP contribution < -0.4 is 0 Å². The summed E-state index contributed by atoms with van der Waals surface area (Å²) in [4.78, 5) is 37.4. The molecule has 1 saturated heterocycles. The summed E-state index contributed by atoms with van der Waals surface area (Å²) in [6, 6.07) is 0. The number of allylic oxidation sites excluding steroid dienone is 3. The summed E-state index contributed by atoms with van der Waals surface area (Å²) < 4.78 is 23.2. The Bertz CT molecular complexity index is 993. The van der Waals surface area contributed by atoms with Crippen molar-refractivity contribution in [2.24, 2.45) is 16.7 Å². The van der Waals surface area contributed by atoms with Crippen LogP contribution >= 0.6 is 0 Å². The zero-order valence-corrected chi connectivity index (χ0v) is 20.5. The van der Waals surface area contributed by atoms with Crippen LogP contribution in [0.1, 0.15) is 46.5 Å². The number of aliphatic hydroxyl groups excluding tert-OH is 1. The zero-order chi connectivity index (χ0) is 25.4. The van der Waals surface area contributed by atoms with E-state index in [1.807, 2.05) is 13.8 Å². The van der Waals surface area contributed by atoms with Gasteiger partial charge >= 0.3 is 17.9 Å². The molecule has 0 aromatic carbocycles. The second-order valence-corrected chi connectivity index (χ2v) is 10.3. The molecule has 190 valence electrons.